The molecule has 0 saturated carbocycles. The Hall–Kier alpha value is -1.60. The van der Waals surface area contributed by atoms with E-state index in [1.54, 1.807) is 20.2 Å². The van der Waals surface area contributed by atoms with Crippen molar-refractivity contribution in [2.24, 2.45) is 0 Å². The van der Waals surface area contributed by atoms with Gasteiger partial charge in [-0.2, -0.15) is 13.2 Å². The number of amides is 1. The van der Waals surface area contributed by atoms with Gasteiger partial charge in [0.2, 0.25) is 5.91 Å². The minimum absolute atomic E-state index is 0.118. The largest absolute Gasteiger partial charge is 0.416 e. The second kappa shape index (κ2) is 8.14. The van der Waals surface area contributed by atoms with E-state index in [2.05, 4.69) is 5.32 Å². The highest BCUT2D eigenvalue weighted by Gasteiger charge is 2.31. The van der Waals surface area contributed by atoms with Crippen LogP contribution in [0.3, 0.4) is 0 Å². The number of nitrogens with zero attached hydrogens (tertiary/aromatic N) is 1. The van der Waals surface area contributed by atoms with Crippen molar-refractivity contribution < 1.29 is 22.7 Å². The number of hydrogen-bond acceptors (Lipinski definition) is 3. The third kappa shape index (κ3) is 5.31. The van der Waals surface area contributed by atoms with Gasteiger partial charge in [0, 0.05) is 27.1 Å². The van der Waals surface area contributed by atoms with Crippen LogP contribution in [0.15, 0.2) is 24.3 Å². The number of nitrogens with one attached hydrogen (secondary N) is 1. The number of hydrogen-bond donors (Lipinski definition) is 1. The summed E-state index contributed by atoms with van der Waals surface area (Å²) in [5.74, 6) is -0.118. The third-order valence-electron chi connectivity index (χ3n) is 3.43. The lowest BCUT2D eigenvalue weighted by atomic mass is 10.0. The predicted molar refractivity (Wildman–Crippen MR) is 77.4 cm³/mol. The van der Waals surface area contributed by atoms with Crippen molar-refractivity contribution in [1.29, 1.82) is 0 Å². The summed E-state index contributed by atoms with van der Waals surface area (Å²) in [4.78, 5) is 13.1. The highest BCUT2D eigenvalue weighted by Crippen LogP contribution is 2.31. The van der Waals surface area contributed by atoms with E-state index in [0.29, 0.717) is 12.1 Å². The normalized spacial score (nSPS) is 13.2. The zero-order valence-electron chi connectivity index (χ0n) is 12.9. The van der Waals surface area contributed by atoms with E-state index in [4.69, 9.17) is 4.74 Å². The van der Waals surface area contributed by atoms with Gasteiger partial charge in [0.25, 0.3) is 0 Å². The molecule has 7 heteroatoms. The lowest BCUT2D eigenvalue weighted by Gasteiger charge is -2.28. The molecular weight excluding hydrogens is 297 g/mol. The van der Waals surface area contributed by atoms with Crippen molar-refractivity contribution in [2.75, 3.05) is 34.4 Å². The second-order valence-electron chi connectivity index (χ2n) is 5.00. The molecule has 0 aliphatic rings. The predicted octanol–water partition coefficient (Wildman–Crippen LogP) is 2.46. The molecular formula is C15H21F3N2O2. The number of rotatable bonds is 7. The quantitative estimate of drug-likeness (QED) is 0.840. The van der Waals surface area contributed by atoms with Gasteiger partial charge < -0.3 is 10.1 Å². The smallest absolute Gasteiger partial charge is 0.383 e. The molecule has 0 unspecified atom stereocenters. The van der Waals surface area contributed by atoms with E-state index < -0.39 is 11.7 Å². The van der Waals surface area contributed by atoms with Gasteiger partial charge in [-0.1, -0.05) is 12.1 Å². The Labute approximate surface area is 128 Å². The summed E-state index contributed by atoms with van der Waals surface area (Å²) in [5.41, 5.74) is -0.179. The maximum Gasteiger partial charge on any atom is 0.416 e. The fourth-order valence-corrected chi connectivity index (χ4v) is 2.12. The number of carbonyl (C=O) groups excluding carboxylic acids is 1. The molecule has 0 saturated heterocycles. The zero-order chi connectivity index (χ0) is 16.8. The van der Waals surface area contributed by atoms with Crippen LogP contribution >= 0.6 is 0 Å². The van der Waals surface area contributed by atoms with E-state index in [0.717, 1.165) is 12.1 Å². The molecule has 0 radical (unpaired) electrons. The fourth-order valence-electron chi connectivity index (χ4n) is 2.12. The Morgan fingerprint density at radius 3 is 2.64 bits per heavy atom. The molecule has 0 aromatic heterocycles. The van der Waals surface area contributed by atoms with Crippen molar-refractivity contribution in [2.45, 2.75) is 18.6 Å². The van der Waals surface area contributed by atoms with Crippen molar-refractivity contribution in [3.8, 4) is 0 Å². The van der Waals surface area contributed by atoms with Gasteiger partial charge in [0.15, 0.2) is 0 Å². The number of methoxy groups -OCH3 is 1. The van der Waals surface area contributed by atoms with Crippen LogP contribution in [0.2, 0.25) is 0 Å². The van der Waals surface area contributed by atoms with Crippen molar-refractivity contribution in [3.63, 3.8) is 0 Å². The van der Waals surface area contributed by atoms with Gasteiger partial charge >= 0.3 is 6.18 Å². The fraction of sp³-hybridized carbons (Fsp3) is 0.533. The molecule has 1 N–H and O–H groups in total. The van der Waals surface area contributed by atoms with Crippen LogP contribution in [-0.2, 0) is 15.7 Å². The van der Waals surface area contributed by atoms with Gasteiger partial charge in [0.1, 0.15) is 0 Å². The maximum atomic E-state index is 12.8. The summed E-state index contributed by atoms with van der Waals surface area (Å²) < 4.78 is 43.6. The summed E-state index contributed by atoms with van der Waals surface area (Å²) in [5, 5.41) is 2.51. The first-order valence-corrected chi connectivity index (χ1v) is 6.86. The van der Waals surface area contributed by atoms with Crippen LogP contribution < -0.4 is 5.32 Å². The van der Waals surface area contributed by atoms with Crippen LogP contribution in [0.4, 0.5) is 13.2 Å². The average Bonchev–Trinajstić information content (AvgIpc) is 2.49. The van der Waals surface area contributed by atoms with E-state index in [-0.39, 0.29) is 25.0 Å². The van der Waals surface area contributed by atoms with E-state index in [1.807, 2.05) is 4.90 Å². The molecule has 1 rings (SSSR count). The Balaban J connectivity index is 2.92. The minimum Gasteiger partial charge on any atom is -0.383 e. The lowest BCUT2D eigenvalue weighted by molar-refractivity contribution is -0.137. The topological polar surface area (TPSA) is 41.6 Å². The van der Waals surface area contributed by atoms with Gasteiger partial charge in [-0.25, -0.2) is 0 Å². The Morgan fingerprint density at radius 1 is 1.41 bits per heavy atom. The number of carbonyl (C=O) groups is 1. The first kappa shape index (κ1) is 18.4. The van der Waals surface area contributed by atoms with Crippen LogP contribution in [0.1, 0.15) is 23.6 Å². The van der Waals surface area contributed by atoms with Crippen molar-refractivity contribution >= 4 is 5.91 Å². The SMILES string of the molecule is CNC(=O)CCN(C)[C@H](COC)c1cccc(C(F)(F)F)c1. The average molecular weight is 318 g/mol. The first-order valence-electron chi connectivity index (χ1n) is 6.86. The Morgan fingerprint density at radius 2 is 2.09 bits per heavy atom. The molecule has 0 spiro atoms. The molecule has 1 aromatic carbocycles. The third-order valence-corrected chi connectivity index (χ3v) is 3.43. The van der Waals surface area contributed by atoms with Crippen LogP contribution in [-0.4, -0.2) is 45.2 Å². The van der Waals surface area contributed by atoms with Crippen molar-refractivity contribution in [3.05, 3.63) is 35.4 Å². The highest BCUT2D eigenvalue weighted by molar-refractivity contribution is 5.75. The first-order chi connectivity index (χ1) is 10.3. The number of benzene rings is 1. The molecule has 22 heavy (non-hydrogen) atoms. The summed E-state index contributed by atoms with van der Waals surface area (Å²) in [6.07, 6.45) is -4.11. The molecule has 1 atom stereocenters. The number of ether oxygens (including phenoxy) is 1. The minimum atomic E-state index is -4.38. The van der Waals surface area contributed by atoms with Gasteiger partial charge in [-0.15, -0.1) is 0 Å². The second-order valence-corrected chi connectivity index (χ2v) is 5.00. The summed E-state index contributed by atoms with van der Waals surface area (Å²) in [6, 6.07) is 4.83. The van der Waals surface area contributed by atoms with E-state index in [9.17, 15) is 18.0 Å². The summed E-state index contributed by atoms with van der Waals surface area (Å²) >= 11 is 0. The summed E-state index contributed by atoms with van der Waals surface area (Å²) in [6.45, 7) is 0.662. The molecule has 4 nitrogen and oxygen atoms in total. The number of alkyl halides is 3. The van der Waals surface area contributed by atoms with Crippen LogP contribution in [0.25, 0.3) is 0 Å². The number of likely N-dealkylation sites (N-methyl/N-ethyl adjacent to an activating group) is 1. The lowest BCUT2D eigenvalue weighted by Crippen LogP contribution is -2.32. The Bertz CT molecular complexity index is 492. The summed E-state index contributed by atoms with van der Waals surface area (Å²) in [7, 11) is 4.79. The van der Waals surface area contributed by atoms with E-state index in [1.165, 1.54) is 13.2 Å². The van der Waals surface area contributed by atoms with Crippen molar-refractivity contribution in [1.82, 2.24) is 10.2 Å². The maximum absolute atomic E-state index is 12.8. The number of halogens is 3. The van der Waals surface area contributed by atoms with Gasteiger partial charge in [0.05, 0.1) is 18.2 Å². The van der Waals surface area contributed by atoms with E-state index >= 15 is 0 Å². The molecule has 0 aliphatic carbocycles. The zero-order valence-corrected chi connectivity index (χ0v) is 12.9. The monoisotopic (exact) mass is 318 g/mol. The molecule has 0 fully saturated rings. The molecule has 1 aromatic rings. The molecule has 0 aliphatic heterocycles. The highest BCUT2D eigenvalue weighted by atomic mass is 19.4. The van der Waals surface area contributed by atoms with Gasteiger partial charge in [-0.05, 0) is 24.7 Å². The molecule has 0 bridgehead atoms. The van der Waals surface area contributed by atoms with Crippen LogP contribution in [0.5, 0.6) is 0 Å². The molecule has 0 heterocycles. The molecule has 1 amide bonds. The molecule has 124 valence electrons. The van der Waals surface area contributed by atoms with Crippen LogP contribution in [0, 0.1) is 0 Å². The standard InChI is InChI=1S/C15H21F3N2O2/c1-19-14(21)7-8-20(2)13(10-22-3)11-5-4-6-12(9-11)15(16,17)18/h4-6,9,13H,7-8,10H2,1-3H3,(H,19,21)/t13-/m1/s1. The Kier molecular flexibility index (Phi) is 6.83. The van der Waals surface area contributed by atoms with Gasteiger partial charge in [-0.3, -0.25) is 9.69 Å².